The Bertz CT molecular complexity index is 1090. The van der Waals surface area contributed by atoms with Gasteiger partial charge >= 0.3 is 0 Å². The van der Waals surface area contributed by atoms with Crippen molar-refractivity contribution in [2.24, 2.45) is 0 Å². The van der Waals surface area contributed by atoms with Gasteiger partial charge in [-0.05, 0) is 17.7 Å². The number of imidazole rings is 1. The number of hydrogen-bond donors (Lipinski definition) is 0. The van der Waals surface area contributed by atoms with Crippen molar-refractivity contribution in [1.82, 2.24) is 19.7 Å². The highest BCUT2D eigenvalue weighted by molar-refractivity contribution is 5.59. The van der Waals surface area contributed by atoms with E-state index < -0.39 is 5.82 Å². The predicted octanol–water partition coefficient (Wildman–Crippen LogP) is 4.01. The fourth-order valence-corrected chi connectivity index (χ4v) is 3.25. The van der Waals surface area contributed by atoms with Crippen LogP contribution in [0.5, 0.6) is 0 Å². The summed E-state index contributed by atoms with van der Waals surface area (Å²) in [5.74, 6) is 0.0539. The first-order valence-corrected chi connectivity index (χ1v) is 8.59. The molecule has 0 aliphatic carbocycles. The molecule has 1 aliphatic rings. The van der Waals surface area contributed by atoms with E-state index >= 15 is 0 Å². The molecule has 1 atom stereocenters. The Labute approximate surface area is 154 Å². The predicted molar refractivity (Wildman–Crippen MR) is 94.9 cm³/mol. The topological polar surface area (TPSA) is 66.0 Å². The van der Waals surface area contributed by atoms with Gasteiger partial charge in [-0.2, -0.15) is 4.98 Å². The maximum Gasteiger partial charge on any atom is 0.278 e. The number of nitrogens with zero attached hydrogens (tertiary/aromatic N) is 4. The molecule has 0 bridgehead atoms. The Hall–Kier alpha value is -3.32. The second-order valence-corrected chi connectivity index (χ2v) is 6.31. The quantitative estimate of drug-likeness (QED) is 0.551. The summed E-state index contributed by atoms with van der Waals surface area (Å²) in [6, 6.07) is 16.4. The first-order valence-electron chi connectivity index (χ1n) is 8.59. The molecule has 134 valence electrons. The van der Waals surface area contributed by atoms with Gasteiger partial charge in [0.1, 0.15) is 11.9 Å². The molecule has 0 fully saturated rings. The lowest BCUT2D eigenvalue weighted by molar-refractivity contribution is 0.00330. The molecule has 1 aliphatic heterocycles. The minimum absolute atomic E-state index is 0.0302. The van der Waals surface area contributed by atoms with Crippen molar-refractivity contribution in [1.29, 1.82) is 0 Å². The van der Waals surface area contributed by atoms with E-state index in [0.717, 1.165) is 11.3 Å². The van der Waals surface area contributed by atoms with Crippen LogP contribution in [0.3, 0.4) is 0 Å². The van der Waals surface area contributed by atoms with Crippen LogP contribution in [-0.4, -0.2) is 19.7 Å². The smallest absolute Gasteiger partial charge is 0.278 e. The van der Waals surface area contributed by atoms with E-state index in [0.29, 0.717) is 24.4 Å². The first kappa shape index (κ1) is 15.9. The van der Waals surface area contributed by atoms with Gasteiger partial charge in [0.15, 0.2) is 5.69 Å². The minimum atomic E-state index is -0.397. The van der Waals surface area contributed by atoms with Crippen LogP contribution in [0.4, 0.5) is 4.39 Å². The maximum atomic E-state index is 13.9. The van der Waals surface area contributed by atoms with Gasteiger partial charge in [0.2, 0.25) is 5.82 Å². The molecule has 5 rings (SSSR count). The van der Waals surface area contributed by atoms with Crippen LogP contribution < -0.4 is 0 Å². The van der Waals surface area contributed by atoms with Gasteiger partial charge in [0.25, 0.3) is 5.89 Å². The highest BCUT2D eigenvalue weighted by Crippen LogP contribution is 2.32. The van der Waals surface area contributed by atoms with E-state index in [1.165, 1.54) is 6.07 Å². The average Bonchev–Trinajstić information content (AvgIpc) is 3.35. The molecule has 3 heterocycles. The second kappa shape index (κ2) is 6.44. The Kier molecular flexibility index (Phi) is 3.79. The summed E-state index contributed by atoms with van der Waals surface area (Å²) in [5.41, 5.74) is 2.85. The van der Waals surface area contributed by atoms with E-state index in [-0.39, 0.29) is 17.8 Å². The molecular weight excluding hydrogens is 347 g/mol. The Balaban J connectivity index is 1.44. The molecule has 6 nitrogen and oxygen atoms in total. The van der Waals surface area contributed by atoms with Crippen LogP contribution in [-0.2, 0) is 17.9 Å². The maximum absolute atomic E-state index is 13.9. The van der Waals surface area contributed by atoms with Gasteiger partial charge in [0.05, 0.1) is 30.7 Å². The van der Waals surface area contributed by atoms with E-state index in [1.54, 1.807) is 24.5 Å². The SMILES string of the molecule is Fc1ccccc1-c1noc(-c2ncn3c2COC(c2ccccc2)C3)n1. The molecule has 0 N–H and O–H groups in total. The zero-order chi connectivity index (χ0) is 18.2. The van der Waals surface area contributed by atoms with Gasteiger partial charge in [-0.25, -0.2) is 9.37 Å². The van der Waals surface area contributed by atoms with Crippen LogP contribution in [0, 0.1) is 5.82 Å². The van der Waals surface area contributed by atoms with Crippen molar-refractivity contribution >= 4 is 0 Å². The Morgan fingerprint density at radius 1 is 1.04 bits per heavy atom. The van der Waals surface area contributed by atoms with Crippen LogP contribution in [0.25, 0.3) is 23.0 Å². The molecule has 0 spiro atoms. The number of halogens is 1. The number of aromatic nitrogens is 4. The van der Waals surface area contributed by atoms with Gasteiger partial charge in [-0.15, -0.1) is 0 Å². The summed E-state index contributed by atoms with van der Waals surface area (Å²) in [4.78, 5) is 8.74. The van der Waals surface area contributed by atoms with Crippen molar-refractivity contribution < 1.29 is 13.7 Å². The molecule has 0 saturated carbocycles. The number of hydrogen-bond acceptors (Lipinski definition) is 5. The third kappa shape index (κ3) is 2.82. The lowest BCUT2D eigenvalue weighted by Crippen LogP contribution is -2.20. The molecule has 4 aromatic rings. The molecule has 2 aromatic carbocycles. The van der Waals surface area contributed by atoms with Crippen LogP contribution in [0.1, 0.15) is 17.4 Å². The van der Waals surface area contributed by atoms with Crippen LogP contribution in [0.15, 0.2) is 65.4 Å². The average molecular weight is 362 g/mol. The number of rotatable bonds is 3. The zero-order valence-electron chi connectivity index (χ0n) is 14.2. The van der Waals surface area contributed by atoms with Crippen molar-refractivity contribution in [2.75, 3.05) is 0 Å². The lowest BCUT2D eigenvalue weighted by Gasteiger charge is -2.25. The van der Waals surface area contributed by atoms with Crippen molar-refractivity contribution in [2.45, 2.75) is 19.3 Å². The van der Waals surface area contributed by atoms with Gasteiger partial charge in [-0.1, -0.05) is 47.6 Å². The summed E-state index contributed by atoms with van der Waals surface area (Å²) in [6.45, 7) is 1.03. The van der Waals surface area contributed by atoms with E-state index in [2.05, 4.69) is 15.1 Å². The molecule has 0 amide bonds. The van der Waals surface area contributed by atoms with E-state index in [1.807, 2.05) is 34.9 Å². The van der Waals surface area contributed by atoms with Crippen LogP contribution in [0.2, 0.25) is 0 Å². The molecule has 0 saturated heterocycles. The van der Waals surface area contributed by atoms with Crippen molar-refractivity contribution in [3.63, 3.8) is 0 Å². The summed E-state index contributed by atoms with van der Waals surface area (Å²) >= 11 is 0. The van der Waals surface area contributed by atoms with Gasteiger partial charge < -0.3 is 13.8 Å². The van der Waals surface area contributed by atoms with E-state index in [4.69, 9.17) is 9.26 Å². The molecule has 1 unspecified atom stereocenters. The fraction of sp³-hybridized carbons (Fsp3) is 0.150. The molecule has 2 aromatic heterocycles. The monoisotopic (exact) mass is 362 g/mol. The van der Waals surface area contributed by atoms with Gasteiger partial charge in [-0.3, -0.25) is 0 Å². The lowest BCUT2D eigenvalue weighted by atomic mass is 10.1. The standard InChI is InChI=1S/C20H15FN4O2/c21-15-9-5-4-8-14(15)19-23-20(27-24-19)18-16-11-26-17(10-25(16)12-22-18)13-6-2-1-3-7-13/h1-9,12,17H,10-11H2. The van der Waals surface area contributed by atoms with Crippen molar-refractivity contribution in [3.05, 3.63) is 78.0 Å². The number of fused-ring (bicyclic) bond motifs is 1. The highest BCUT2D eigenvalue weighted by Gasteiger charge is 2.26. The second-order valence-electron chi connectivity index (χ2n) is 6.31. The summed E-state index contributed by atoms with van der Waals surface area (Å²) in [6.07, 6.45) is 1.72. The minimum Gasteiger partial charge on any atom is -0.365 e. The fourth-order valence-electron chi connectivity index (χ4n) is 3.25. The highest BCUT2D eigenvalue weighted by atomic mass is 19.1. The number of benzene rings is 2. The molecule has 27 heavy (non-hydrogen) atoms. The van der Waals surface area contributed by atoms with Gasteiger partial charge in [0, 0.05) is 0 Å². The first-order chi connectivity index (χ1) is 13.3. The Morgan fingerprint density at radius 3 is 2.70 bits per heavy atom. The molecular formula is C20H15FN4O2. The summed E-state index contributed by atoms with van der Waals surface area (Å²) in [5, 5.41) is 3.90. The third-order valence-corrected chi connectivity index (χ3v) is 4.64. The zero-order valence-corrected chi connectivity index (χ0v) is 14.2. The normalized spacial score (nSPS) is 16.3. The summed E-state index contributed by atoms with van der Waals surface area (Å²) in [7, 11) is 0. The Morgan fingerprint density at radius 2 is 1.85 bits per heavy atom. The number of ether oxygens (including phenoxy) is 1. The summed E-state index contributed by atoms with van der Waals surface area (Å²) < 4.78 is 27.3. The van der Waals surface area contributed by atoms with Crippen molar-refractivity contribution in [3.8, 4) is 23.0 Å². The largest absolute Gasteiger partial charge is 0.365 e. The van der Waals surface area contributed by atoms with Crippen LogP contribution >= 0.6 is 0 Å². The molecule has 7 heteroatoms. The third-order valence-electron chi connectivity index (χ3n) is 4.64. The molecule has 0 radical (unpaired) electrons. The van der Waals surface area contributed by atoms with E-state index in [9.17, 15) is 4.39 Å².